The van der Waals surface area contributed by atoms with Crippen molar-refractivity contribution in [3.8, 4) is 0 Å². The van der Waals surface area contributed by atoms with Gasteiger partial charge in [0.15, 0.2) is 0 Å². The van der Waals surface area contributed by atoms with Crippen molar-refractivity contribution in [2.24, 2.45) is 0 Å². The van der Waals surface area contributed by atoms with Crippen molar-refractivity contribution in [1.82, 2.24) is 20.5 Å². The number of aromatic amines is 1. The zero-order chi connectivity index (χ0) is 14.5. The SMILES string of the molecule is CNc1c(F)cc(C(=O)NCCc2ncn[nH]2)cc1F. The van der Waals surface area contributed by atoms with E-state index >= 15 is 0 Å². The molecule has 106 valence electrons. The van der Waals surface area contributed by atoms with Gasteiger partial charge in [0, 0.05) is 25.6 Å². The lowest BCUT2D eigenvalue weighted by Gasteiger charge is -2.08. The molecule has 1 aromatic heterocycles. The summed E-state index contributed by atoms with van der Waals surface area (Å²) in [5, 5.41) is 11.2. The molecule has 0 fully saturated rings. The number of amides is 1. The van der Waals surface area contributed by atoms with Crippen LogP contribution in [0, 0.1) is 11.6 Å². The number of aromatic nitrogens is 3. The highest BCUT2D eigenvalue weighted by atomic mass is 19.1. The lowest BCUT2D eigenvalue weighted by atomic mass is 10.1. The third-order valence-electron chi connectivity index (χ3n) is 2.67. The minimum Gasteiger partial charge on any atom is -0.383 e. The molecule has 0 unspecified atom stereocenters. The molecule has 3 N–H and O–H groups in total. The molecule has 0 aliphatic heterocycles. The van der Waals surface area contributed by atoms with Crippen LogP contribution in [0.3, 0.4) is 0 Å². The number of nitrogens with one attached hydrogen (secondary N) is 3. The summed E-state index contributed by atoms with van der Waals surface area (Å²) in [4.78, 5) is 15.7. The predicted molar refractivity (Wildman–Crippen MR) is 68.3 cm³/mol. The fourth-order valence-corrected chi connectivity index (χ4v) is 1.69. The van der Waals surface area contributed by atoms with Crippen LogP contribution in [0.15, 0.2) is 18.5 Å². The smallest absolute Gasteiger partial charge is 0.251 e. The molecule has 2 rings (SSSR count). The Morgan fingerprint density at radius 2 is 2.05 bits per heavy atom. The number of rotatable bonds is 5. The first kappa shape index (κ1) is 13.9. The number of carbonyl (C=O) groups excluding carboxylic acids is 1. The van der Waals surface area contributed by atoms with Gasteiger partial charge in [0.05, 0.1) is 0 Å². The van der Waals surface area contributed by atoms with Gasteiger partial charge in [-0.05, 0) is 12.1 Å². The average molecular weight is 281 g/mol. The molecule has 20 heavy (non-hydrogen) atoms. The fourth-order valence-electron chi connectivity index (χ4n) is 1.69. The van der Waals surface area contributed by atoms with Crippen LogP contribution in [-0.2, 0) is 6.42 Å². The number of H-pyrrole nitrogens is 1. The number of anilines is 1. The van der Waals surface area contributed by atoms with Crippen LogP contribution in [-0.4, -0.2) is 34.7 Å². The number of halogens is 2. The zero-order valence-electron chi connectivity index (χ0n) is 10.7. The summed E-state index contributed by atoms with van der Waals surface area (Å²) in [6.07, 6.45) is 1.81. The van der Waals surface area contributed by atoms with Gasteiger partial charge in [0.25, 0.3) is 5.91 Å². The maximum Gasteiger partial charge on any atom is 0.251 e. The van der Waals surface area contributed by atoms with E-state index < -0.39 is 17.5 Å². The van der Waals surface area contributed by atoms with E-state index in [2.05, 4.69) is 25.8 Å². The minimum absolute atomic E-state index is 0.0726. The topological polar surface area (TPSA) is 82.7 Å². The van der Waals surface area contributed by atoms with E-state index in [0.29, 0.717) is 12.2 Å². The molecule has 8 heteroatoms. The molecule has 0 radical (unpaired) electrons. The van der Waals surface area contributed by atoms with Crippen molar-refractivity contribution in [3.05, 3.63) is 41.5 Å². The summed E-state index contributed by atoms with van der Waals surface area (Å²) in [5.41, 5.74) is -0.334. The number of benzene rings is 1. The van der Waals surface area contributed by atoms with E-state index in [-0.39, 0.29) is 17.8 Å². The molecule has 2 aromatic rings. The summed E-state index contributed by atoms with van der Waals surface area (Å²) in [6.45, 7) is 0.283. The van der Waals surface area contributed by atoms with Crippen LogP contribution in [0.2, 0.25) is 0 Å². The summed E-state index contributed by atoms with van der Waals surface area (Å²) in [7, 11) is 1.40. The molecule has 6 nitrogen and oxygen atoms in total. The van der Waals surface area contributed by atoms with Crippen molar-refractivity contribution in [2.45, 2.75) is 6.42 Å². The zero-order valence-corrected chi connectivity index (χ0v) is 10.7. The monoisotopic (exact) mass is 281 g/mol. The Hall–Kier alpha value is -2.51. The van der Waals surface area contributed by atoms with Gasteiger partial charge in [0.1, 0.15) is 29.5 Å². The van der Waals surface area contributed by atoms with Crippen molar-refractivity contribution < 1.29 is 13.6 Å². The van der Waals surface area contributed by atoms with Crippen molar-refractivity contribution in [1.29, 1.82) is 0 Å². The Kier molecular flexibility index (Phi) is 4.24. The van der Waals surface area contributed by atoms with E-state index in [0.717, 1.165) is 12.1 Å². The molecule has 0 bridgehead atoms. The van der Waals surface area contributed by atoms with Crippen LogP contribution in [0.5, 0.6) is 0 Å². The van der Waals surface area contributed by atoms with E-state index in [1.165, 1.54) is 13.4 Å². The molecule has 0 spiro atoms. The number of hydrogen-bond donors (Lipinski definition) is 3. The molecular formula is C12H13F2N5O. The van der Waals surface area contributed by atoms with Crippen LogP contribution >= 0.6 is 0 Å². The fraction of sp³-hybridized carbons (Fsp3) is 0.250. The Balaban J connectivity index is 1.99. The van der Waals surface area contributed by atoms with Crippen LogP contribution < -0.4 is 10.6 Å². The third kappa shape index (κ3) is 3.08. The largest absolute Gasteiger partial charge is 0.383 e. The van der Waals surface area contributed by atoms with E-state index in [1.54, 1.807) is 0 Å². The quantitative estimate of drug-likeness (QED) is 0.766. The molecule has 0 saturated heterocycles. The molecule has 0 atom stereocenters. The normalized spacial score (nSPS) is 10.3. The standard InChI is InChI=1S/C12H13F2N5O/c1-15-11-8(13)4-7(5-9(11)14)12(20)16-3-2-10-17-6-18-19-10/h4-6,15H,2-3H2,1H3,(H,16,20)(H,17,18,19). The molecule has 1 heterocycles. The van der Waals surface area contributed by atoms with Gasteiger partial charge >= 0.3 is 0 Å². The van der Waals surface area contributed by atoms with Gasteiger partial charge in [0.2, 0.25) is 0 Å². The molecule has 0 aliphatic rings. The third-order valence-corrected chi connectivity index (χ3v) is 2.67. The highest BCUT2D eigenvalue weighted by Crippen LogP contribution is 2.20. The average Bonchev–Trinajstić information content (AvgIpc) is 2.91. The second-order valence-corrected chi connectivity index (χ2v) is 4.00. The molecule has 0 aliphatic carbocycles. The maximum absolute atomic E-state index is 13.5. The first-order valence-corrected chi connectivity index (χ1v) is 5.91. The molecule has 1 amide bonds. The summed E-state index contributed by atoms with van der Waals surface area (Å²) < 4.78 is 27.0. The second-order valence-electron chi connectivity index (χ2n) is 4.00. The van der Waals surface area contributed by atoms with E-state index in [1.807, 2.05) is 0 Å². The predicted octanol–water partition coefficient (Wildman–Crippen LogP) is 1.10. The minimum atomic E-state index is -0.812. The summed E-state index contributed by atoms with van der Waals surface area (Å²) >= 11 is 0. The van der Waals surface area contributed by atoms with Gasteiger partial charge in [-0.3, -0.25) is 9.89 Å². The van der Waals surface area contributed by atoms with Gasteiger partial charge < -0.3 is 10.6 Å². The van der Waals surface area contributed by atoms with Crippen molar-refractivity contribution in [2.75, 3.05) is 18.9 Å². The van der Waals surface area contributed by atoms with Gasteiger partial charge in [-0.15, -0.1) is 0 Å². The molecular weight excluding hydrogens is 268 g/mol. The number of hydrogen-bond acceptors (Lipinski definition) is 4. The van der Waals surface area contributed by atoms with Crippen LogP contribution in [0.1, 0.15) is 16.2 Å². The maximum atomic E-state index is 13.5. The Morgan fingerprint density at radius 3 is 2.60 bits per heavy atom. The Morgan fingerprint density at radius 1 is 1.35 bits per heavy atom. The molecule has 1 aromatic carbocycles. The van der Waals surface area contributed by atoms with E-state index in [4.69, 9.17) is 0 Å². The van der Waals surface area contributed by atoms with Crippen molar-refractivity contribution in [3.63, 3.8) is 0 Å². The van der Waals surface area contributed by atoms with Gasteiger partial charge in [-0.25, -0.2) is 13.8 Å². The lowest BCUT2D eigenvalue weighted by molar-refractivity contribution is 0.0953. The molecule has 0 saturated carbocycles. The highest BCUT2D eigenvalue weighted by Gasteiger charge is 2.14. The Bertz CT molecular complexity index is 577. The Labute approximate surface area is 113 Å². The second kappa shape index (κ2) is 6.09. The van der Waals surface area contributed by atoms with E-state index in [9.17, 15) is 13.6 Å². The highest BCUT2D eigenvalue weighted by molar-refractivity contribution is 5.94. The first-order chi connectivity index (χ1) is 9.61. The lowest BCUT2D eigenvalue weighted by Crippen LogP contribution is -2.26. The number of carbonyl (C=O) groups is 1. The summed E-state index contributed by atoms with van der Waals surface area (Å²) in [5.74, 6) is -1.56. The summed E-state index contributed by atoms with van der Waals surface area (Å²) in [6, 6.07) is 1.97. The van der Waals surface area contributed by atoms with Gasteiger partial charge in [-0.2, -0.15) is 5.10 Å². The van der Waals surface area contributed by atoms with Crippen LogP contribution in [0.4, 0.5) is 14.5 Å². The van der Waals surface area contributed by atoms with Crippen molar-refractivity contribution >= 4 is 11.6 Å². The van der Waals surface area contributed by atoms with Crippen LogP contribution in [0.25, 0.3) is 0 Å². The number of nitrogens with zero attached hydrogens (tertiary/aromatic N) is 2. The van der Waals surface area contributed by atoms with Gasteiger partial charge in [-0.1, -0.05) is 0 Å². The first-order valence-electron chi connectivity index (χ1n) is 5.91.